The van der Waals surface area contributed by atoms with Gasteiger partial charge in [-0.3, -0.25) is 0 Å². The third-order valence-corrected chi connectivity index (χ3v) is 3.14. The minimum absolute atomic E-state index is 0.119. The number of halogens is 1. The van der Waals surface area contributed by atoms with Crippen molar-refractivity contribution < 1.29 is 4.39 Å². The van der Waals surface area contributed by atoms with Gasteiger partial charge in [-0.1, -0.05) is 12.1 Å². The van der Waals surface area contributed by atoms with Crippen LogP contribution in [0.5, 0.6) is 0 Å². The van der Waals surface area contributed by atoms with E-state index in [0.29, 0.717) is 5.92 Å². The molecule has 1 aromatic carbocycles. The normalized spacial score (nSPS) is 17.7. The Bertz CT molecular complexity index is 320. The van der Waals surface area contributed by atoms with Gasteiger partial charge in [0.25, 0.3) is 0 Å². The van der Waals surface area contributed by atoms with Gasteiger partial charge in [0, 0.05) is 0 Å². The highest BCUT2D eigenvalue weighted by Gasteiger charge is 2.30. The summed E-state index contributed by atoms with van der Waals surface area (Å²) in [6, 6.07) is 6.99. The molecule has 0 saturated heterocycles. The minimum Gasteiger partial charge on any atom is -0.319 e. The molecule has 82 valence electrons. The highest BCUT2D eigenvalue weighted by atomic mass is 19.1. The van der Waals surface area contributed by atoms with Gasteiger partial charge in [-0.15, -0.1) is 0 Å². The molecule has 1 aliphatic rings. The molecule has 1 nitrogen and oxygen atoms in total. The Morgan fingerprint density at radius 2 is 2.27 bits per heavy atom. The van der Waals surface area contributed by atoms with Crippen molar-refractivity contribution in [3.05, 3.63) is 35.6 Å². The van der Waals surface area contributed by atoms with Gasteiger partial charge in [-0.25, -0.2) is 4.39 Å². The highest BCUT2D eigenvalue weighted by Crippen LogP contribution is 2.38. The first-order chi connectivity index (χ1) is 7.29. The Kier molecular flexibility index (Phi) is 3.37. The van der Waals surface area contributed by atoms with Crippen molar-refractivity contribution in [2.45, 2.75) is 19.3 Å². The minimum atomic E-state index is -0.119. The van der Waals surface area contributed by atoms with E-state index >= 15 is 0 Å². The Morgan fingerprint density at radius 3 is 2.87 bits per heavy atom. The van der Waals surface area contributed by atoms with Crippen molar-refractivity contribution in [3.63, 3.8) is 0 Å². The summed E-state index contributed by atoms with van der Waals surface area (Å²) >= 11 is 0. The SMILES string of the molecule is CNCC(Cc1cccc(F)c1)C1CC1. The van der Waals surface area contributed by atoms with Crippen LogP contribution in [-0.2, 0) is 6.42 Å². The van der Waals surface area contributed by atoms with Crippen LogP contribution in [0.1, 0.15) is 18.4 Å². The second-order valence-corrected chi connectivity index (χ2v) is 4.49. The molecule has 1 aromatic rings. The van der Waals surface area contributed by atoms with Crippen LogP contribution in [0.4, 0.5) is 4.39 Å². The van der Waals surface area contributed by atoms with Gasteiger partial charge in [-0.2, -0.15) is 0 Å². The van der Waals surface area contributed by atoms with Crippen molar-refractivity contribution in [2.24, 2.45) is 11.8 Å². The van der Waals surface area contributed by atoms with E-state index in [1.54, 1.807) is 12.1 Å². The lowest BCUT2D eigenvalue weighted by atomic mass is 9.95. The van der Waals surface area contributed by atoms with Crippen LogP contribution >= 0.6 is 0 Å². The summed E-state index contributed by atoms with van der Waals surface area (Å²) in [6.07, 6.45) is 3.70. The Labute approximate surface area is 90.7 Å². The average Bonchev–Trinajstić information content (AvgIpc) is 3.00. The molecule has 0 spiro atoms. The van der Waals surface area contributed by atoms with Gasteiger partial charge < -0.3 is 5.32 Å². The third kappa shape index (κ3) is 3.03. The van der Waals surface area contributed by atoms with Crippen LogP contribution in [0, 0.1) is 17.7 Å². The maximum Gasteiger partial charge on any atom is 0.123 e. The standard InChI is InChI=1S/C13H18FN/c1-15-9-12(11-5-6-11)7-10-3-2-4-13(14)8-10/h2-4,8,11-12,15H,5-7,9H2,1H3. The summed E-state index contributed by atoms with van der Waals surface area (Å²) in [4.78, 5) is 0. The molecule has 1 fully saturated rings. The quantitative estimate of drug-likeness (QED) is 0.782. The molecule has 1 unspecified atom stereocenters. The van der Waals surface area contributed by atoms with Gasteiger partial charge in [0.2, 0.25) is 0 Å². The first-order valence-corrected chi connectivity index (χ1v) is 5.68. The van der Waals surface area contributed by atoms with Gasteiger partial charge in [0.1, 0.15) is 5.82 Å². The van der Waals surface area contributed by atoms with Crippen molar-refractivity contribution in [2.75, 3.05) is 13.6 Å². The van der Waals surface area contributed by atoms with E-state index in [1.807, 2.05) is 13.1 Å². The predicted molar refractivity (Wildman–Crippen MR) is 60.2 cm³/mol. The molecule has 1 atom stereocenters. The summed E-state index contributed by atoms with van der Waals surface area (Å²) < 4.78 is 13.0. The zero-order chi connectivity index (χ0) is 10.7. The van der Waals surface area contributed by atoms with Crippen molar-refractivity contribution in [1.82, 2.24) is 5.32 Å². The molecule has 1 N–H and O–H groups in total. The van der Waals surface area contributed by atoms with Crippen molar-refractivity contribution >= 4 is 0 Å². The molecule has 2 heteroatoms. The second kappa shape index (κ2) is 4.75. The zero-order valence-corrected chi connectivity index (χ0v) is 9.17. The maximum atomic E-state index is 13.0. The molecule has 0 aliphatic heterocycles. The van der Waals surface area contributed by atoms with E-state index in [4.69, 9.17) is 0 Å². The van der Waals surface area contributed by atoms with Gasteiger partial charge in [0.05, 0.1) is 0 Å². The topological polar surface area (TPSA) is 12.0 Å². The molecular formula is C13H18FN. The number of rotatable bonds is 5. The second-order valence-electron chi connectivity index (χ2n) is 4.49. The van der Waals surface area contributed by atoms with E-state index in [-0.39, 0.29) is 5.82 Å². The molecule has 0 bridgehead atoms. The third-order valence-electron chi connectivity index (χ3n) is 3.14. The molecule has 1 aliphatic carbocycles. The summed E-state index contributed by atoms with van der Waals surface area (Å²) in [6.45, 7) is 1.04. The Morgan fingerprint density at radius 1 is 1.47 bits per heavy atom. The van der Waals surface area contributed by atoms with Crippen molar-refractivity contribution in [3.8, 4) is 0 Å². The maximum absolute atomic E-state index is 13.0. The van der Waals surface area contributed by atoms with E-state index in [1.165, 1.54) is 18.9 Å². The lowest BCUT2D eigenvalue weighted by molar-refractivity contribution is 0.439. The monoisotopic (exact) mass is 207 g/mol. The molecule has 0 radical (unpaired) electrons. The molecule has 0 heterocycles. The van der Waals surface area contributed by atoms with E-state index in [0.717, 1.165) is 24.4 Å². The molecule has 2 rings (SSSR count). The lowest BCUT2D eigenvalue weighted by Crippen LogP contribution is -2.22. The van der Waals surface area contributed by atoms with Gasteiger partial charge in [0.15, 0.2) is 0 Å². The van der Waals surface area contributed by atoms with Crippen LogP contribution in [0.3, 0.4) is 0 Å². The van der Waals surface area contributed by atoms with Crippen LogP contribution in [0.15, 0.2) is 24.3 Å². The van der Waals surface area contributed by atoms with Crippen LogP contribution in [0.2, 0.25) is 0 Å². The summed E-state index contributed by atoms with van der Waals surface area (Å²) in [5.41, 5.74) is 1.13. The van der Waals surface area contributed by atoms with Crippen LogP contribution < -0.4 is 5.32 Å². The average molecular weight is 207 g/mol. The molecule has 1 saturated carbocycles. The van der Waals surface area contributed by atoms with Crippen LogP contribution in [0.25, 0.3) is 0 Å². The fraction of sp³-hybridized carbons (Fsp3) is 0.538. The first-order valence-electron chi connectivity index (χ1n) is 5.68. The Balaban J connectivity index is 1.98. The fourth-order valence-electron chi connectivity index (χ4n) is 2.20. The smallest absolute Gasteiger partial charge is 0.123 e. The number of hydrogen-bond acceptors (Lipinski definition) is 1. The number of nitrogens with one attached hydrogen (secondary N) is 1. The van der Waals surface area contributed by atoms with Crippen molar-refractivity contribution in [1.29, 1.82) is 0 Å². The molecule has 0 amide bonds. The largest absolute Gasteiger partial charge is 0.319 e. The van der Waals surface area contributed by atoms with Gasteiger partial charge >= 0.3 is 0 Å². The molecular weight excluding hydrogens is 189 g/mol. The molecule has 0 aromatic heterocycles. The van der Waals surface area contributed by atoms with Crippen LogP contribution in [-0.4, -0.2) is 13.6 Å². The fourth-order valence-corrected chi connectivity index (χ4v) is 2.20. The van der Waals surface area contributed by atoms with E-state index < -0.39 is 0 Å². The predicted octanol–water partition coefficient (Wildman–Crippen LogP) is 2.61. The summed E-state index contributed by atoms with van der Waals surface area (Å²) in [5.74, 6) is 1.42. The number of hydrogen-bond donors (Lipinski definition) is 1. The molecule has 15 heavy (non-hydrogen) atoms. The first kappa shape index (κ1) is 10.6. The highest BCUT2D eigenvalue weighted by molar-refractivity contribution is 5.17. The Hall–Kier alpha value is -0.890. The van der Waals surface area contributed by atoms with E-state index in [9.17, 15) is 4.39 Å². The summed E-state index contributed by atoms with van der Waals surface area (Å²) in [7, 11) is 1.99. The summed E-state index contributed by atoms with van der Waals surface area (Å²) in [5, 5.41) is 3.23. The van der Waals surface area contributed by atoms with E-state index in [2.05, 4.69) is 5.32 Å². The van der Waals surface area contributed by atoms with Gasteiger partial charge in [-0.05, 0) is 62.4 Å². The lowest BCUT2D eigenvalue weighted by Gasteiger charge is -2.15. The zero-order valence-electron chi connectivity index (χ0n) is 9.17. The number of benzene rings is 1.